The van der Waals surface area contributed by atoms with Crippen LogP contribution in [0.5, 0.6) is 0 Å². The highest BCUT2D eigenvalue weighted by atomic mass is 19.1. The van der Waals surface area contributed by atoms with E-state index in [2.05, 4.69) is 71.9 Å². The summed E-state index contributed by atoms with van der Waals surface area (Å²) in [6, 6.07) is 15.2. The summed E-state index contributed by atoms with van der Waals surface area (Å²) in [5.41, 5.74) is 10.9. The van der Waals surface area contributed by atoms with Gasteiger partial charge in [0.15, 0.2) is 0 Å². The van der Waals surface area contributed by atoms with Gasteiger partial charge in [0.2, 0.25) is 0 Å². The van der Waals surface area contributed by atoms with E-state index in [9.17, 15) is 4.39 Å². The summed E-state index contributed by atoms with van der Waals surface area (Å²) in [4.78, 5) is 0. The molecule has 3 rings (SSSR count). The Morgan fingerprint density at radius 2 is 0.880 bits per heavy atom. The molecule has 0 N–H and O–H groups in total. The van der Waals surface area contributed by atoms with Crippen LogP contribution in [0.4, 0.5) is 4.39 Å². The highest BCUT2D eigenvalue weighted by molar-refractivity contribution is 5.78. The minimum Gasteiger partial charge on any atom is -0.207 e. The summed E-state index contributed by atoms with van der Waals surface area (Å²) in [5, 5.41) is 0. The number of halogens is 1. The van der Waals surface area contributed by atoms with E-state index >= 15 is 0 Å². The van der Waals surface area contributed by atoms with Gasteiger partial charge in [0.1, 0.15) is 5.82 Å². The Morgan fingerprint density at radius 1 is 0.560 bits per heavy atom. The van der Waals surface area contributed by atoms with Crippen molar-refractivity contribution in [3.8, 4) is 22.3 Å². The van der Waals surface area contributed by atoms with Gasteiger partial charge in [-0.05, 0) is 104 Å². The number of hydrogen-bond donors (Lipinski definition) is 0. The summed E-state index contributed by atoms with van der Waals surface area (Å²) in [5.74, 6) is -0.220. The predicted octanol–water partition coefficient (Wildman–Crippen LogP) is 6.81. The van der Waals surface area contributed by atoms with Crippen LogP contribution < -0.4 is 0 Å². The van der Waals surface area contributed by atoms with E-state index in [0.29, 0.717) is 0 Å². The first kappa shape index (κ1) is 17.4. The van der Waals surface area contributed by atoms with Crippen molar-refractivity contribution in [3.05, 3.63) is 81.7 Å². The molecule has 3 aromatic carbocycles. The van der Waals surface area contributed by atoms with E-state index in [1.165, 1.54) is 11.1 Å². The van der Waals surface area contributed by atoms with Gasteiger partial charge in [0.05, 0.1) is 0 Å². The average molecular weight is 331 g/mol. The van der Waals surface area contributed by atoms with Crippen molar-refractivity contribution in [2.45, 2.75) is 41.5 Å². The molecule has 0 atom stereocenters. The third kappa shape index (κ3) is 3.37. The summed E-state index contributed by atoms with van der Waals surface area (Å²) in [6.07, 6.45) is 0. The molecule has 0 amide bonds. The second-order valence-electron chi connectivity index (χ2n) is 7.17. The largest absolute Gasteiger partial charge is 0.207 e. The molecule has 127 valence electrons. The molecule has 0 fully saturated rings. The quantitative estimate of drug-likeness (QED) is 0.484. The van der Waals surface area contributed by atoms with Gasteiger partial charge in [-0.2, -0.15) is 0 Å². The second-order valence-corrected chi connectivity index (χ2v) is 7.17. The Hall–Kier alpha value is -2.41. The first-order valence-electron chi connectivity index (χ1n) is 8.65. The van der Waals surface area contributed by atoms with Crippen LogP contribution >= 0.6 is 0 Å². The highest BCUT2D eigenvalue weighted by Gasteiger charge is 2.13. The summed E-state index contributed by atoms with van der Waals surface area (Å²) in [7, 11) is 0. The Kier molecular flexibility index (Phi) is 4.51. The maximum absolute atomic E-state index is 14.5. The molecule has 1 heteroatoms. The van der Waals surface area contributed by atoms with E-state index in [1.54, 1.807) is 12.1 Å². The molecule has 0 unspecified atom stereocenters. The van der Waals surface area contributed by atoms with Crippen molar-refractivity contribution in [3.63, 3.8) is 0 Å². The Labute approximate surface area is 150 Å². The van der Waals surface area contributed by atoms with Crippen LogP contribution in [0.15, 0.2) is 36.4 Å². The lowest BCUT2D eigenvalue weighted by molar-refractivity contribution is 0.628. The van der Waals surface area contributed by atoms with Crippen LogP contribution in [-0.4, -0.2) is 0 Å². The van der Waals surface area contributed by atoms with Crippen molar-refractivity contribution in [1.29, 1.82) is 0 Å². The lowest BCUT2D eigenvalue weighted by Gasteiger charge is -2.15. The van der Waals surface area contributed by atoms with Crippen LogP contribution in [0.1, 0.15) is 33.4 Å². The first-order chi connectivity index (χ1) is 11.8. The molecular formula is C24H24F. The fourth-order valence-electron chi connectivity index (χ4n) is 4.01. The number of aryl methyl sites for hydroxylation is 6. The Balaban J connectivity index is 2.25. The maximum atomic E-state index is 14.5. The second kappa shape index (κ2) is 6.48. The molecule has 0 aromatic heterocycles. The molecular weight excluding hydrogens is 307 g/mol. The third-order valence-corrected chi connectivity index (χ3v) is 4.73. The topological polar surface area (TPSA) is 0 Å². The third-order valence-electron chi connectivity index (χ3n) is 4.73. The van der Waals surface area contributed by atoms with Crippen LogP contribution in [0.2, 0.25) is 0 Å². The van der Waals surface area contributed by atoms with Gasteiger partial charge in [0, 0.05) is 0 Å². The normalized spacial score (nSPS) is 11.0. The molecule has 0 aliphatic rings. The molecule has 0 bridgehead atoms. The zero-order valence-electron chi connectivity index (χ0n) is 15.8. The van der Waals surface area contributed by atoms with Crippen LogP contribution in [-0.2, 0) is 0 Å². The van der Waals surface area contributed by atoms with Gasteiger partial charge in [-0.25, -0.2) is 4.39 Å². The predicted molar refractivity (Wildman–Crippen MR) is 105 cm³/mol. The van der Waals surface area contributed by atoms with Crippen molar-refractivity contribution >= 4 is 0 Å². The molecule has 0 nitrogen and oxygen atoms in total. The fourth-order valence-corrected chi connectivity index (χ4v) is 4.01. The van der Waals surface area contributed by atoms with Gasteiger partial charge >= 0.3 is 0 Å². The Morgan fingerprint density at radius 3 is 1.20 bits per heavy atom. The first-order valence-corrected chi connectivity index (χ1v) is 8.65. The smallest absolute Gasteiger partial charge is 0.124 e. The maximum Gasteiger partial charge on any atom is 0.124 e. The van der Waals surface area contributed by atoms with Crippen LogP contribution in [0.3, 0.4) is 0 Å². The monoisotopic (exact) mass is 331 g/mol. The summed E-state index contributed by atoms with van der Waals surface area (Å²) < 4.78 is 14.5. The van der Waals surface area contributed by atoms with E-state index in [1.807, 2.05) is 0 Å². The molecule has 3 aromatic rings. The number of benzene rings is 3. The molecule has 25 heavy (non-hydrogen) atoms. The van der Waals surface area contributed by atoms with E-state index in [0.717, 1.165) is 44.5 Å². The SMILES string of the molecule is Cc1cc(C)c(-c2[c]c(-c3c(C)cc(C)cc3C)cc(F)c2)c(C)c1. The number of hydrogen-bond acceptors (Lipinski definition) is 0. The van der Waals surface area contributed by atoms with Crippen molar-refractivity contribution in [2.24, 2.45) is 0 Å². The lowest BCUT2D eigenvalue weighted by Crippen LogP contribution is -1.95. The fraction of sp³-hybridized carbons (Fsp3) is 0.250. The zero-order chi connectivity index (χ0) is 18.3. The van der Waals surface area contributed by atoms with Gasteiger partial charge in [-0.1, -0.05) is 35.4 Å². The average Bonchev–Trinajstić information content (AvgIpc) is 2.44. The summed E-state index contributed by atoms with van der Waals surface area (Å²) in [6.45, 7) is 12.5. The van der Waals surface area contributed by atoms with Crippen LogP contribution in [0.25, 0.3) is 22.3 Å². The van der Waals surface area contributed by atoms with Gasteiger partial charge in [-0.15, -0.1) is 0 Å². The molecule has 0 saturated carbocycles. The molecule has 0 saturated heterocycles. The van der Waals surface area contributed by atoms with Gasteiger partial charge in [0.25, 0.3) is 0 Å². The van der Waals surface area contributed by atoms with Crippen LogP contribution in [0, 0.1) is 53.4 Å². The Bertz CT molecular complexity index is 842. The van der Waals surface area contributed by atoms with E-state index in [-0.39, 0.29) is 5.82 Å². The molecule has 1 radical (unpaired) electrons. The van der Waals surface area contributed by atoms with E-state index < -0.39 is 0 Å². The minimum atomic E-state index is -0.220. The van der Waals surface area contributed by atoms with Crippen molar-refractivity contribution in [1.82, 2.24) is 0 Å². The zero-order valence-corrected chi connectivity index (χ0v) is 15.8. The minimum absolute atomic E-state index is 0.220. The van der Waals surface area contributed by atoms with Gasteiger partial charge < -0.3 is 0 Å². The summed E-state index contributed by atoms with van der Waals surface area (Å²) >= 11 is 0. The van der Waals surface area contributed by atoms with Crippen molar-refractivity contribution < 1.29 is 4.39 Å². The van der Waals surface area contributed by atoms with E-state index in [4.69, 9.17) is 0 Å². The molecule has 0 aliphatic carbocycles. The highest BCUT2D eigenvalue weighted by Crippen LogP contribution is 2.34. The number of rotatable bonds is 2. The molecule has 0 aliphatic heterocycles. The molecule has 0 heterocycles. The molecule has 0 spiro atoms. The standard InChI is InChI=1S/C24H24F/c1-14-7-16(3)23(17(4)8-14)20-11-21(13-22(25)12-20)24-18(5)9-15(2)10-19(24)6/h7-10,12-13H,1-6H3. The van der Waals surface area contributed by atoms with Crippen molar-refractivity contribution in [2.75, 3.05) is 0 Å². The lowest BCUT2D eigenvalue weighted by atomic mass is 9.89. The van der Waals surface area contributed by atoms with Gasteiger partial charge in [-0.3, -0.25) is 0 Å².